The van der Waals surface area contributed by atoms with E-state index in [0.717, 1.165) is 10.8 Å². The highest BCUT2D eigenvalue weighted by molar-refractivity contribution is 7.98. The van der Waals surface area contributed by atoms with Crippen molar-refractivity contribution in [1.82, 2.24) is 25.0 Å². The van der Waals surface area contributed by atoms with E-state index in [-0.39, 0.29) is 0 Å². The average molecular weight is 339 g/mol. The Balaban J connectivity index is 1.71. The molecule has 3 heterocycles. The van der Waals surface area contributed by atoms with Crippen LogP contribution in [0.4, 0.5) is 0 Å². The molecule has 120 valence electrons. The molecule has 7 nitrogen and oxygen atoms in total. The van der Waals surface area contributed by atoms with Crippen molar-refractivity contribution in [2.75, 3.05) is 0 Å². The fourth-order valence-electron chi connectivity index (χ4n) is 2.26. The maximum atomic E-state index is 5.49. The van der Waals surface area contributed by atoms with E-state index in [2.05, 4.69) is 20.4 Å². The van der Waals surface area contributed by atoms with Crippen molar-refractivity contribution in [2.24, 2.45) is 0 Å². The molecule has 0 saturated heterocycles. The van der Waals surface area contributed by atoms with Crippen LogP contribution in [0.5, 0.6) is 0 Å². The molecule has 0 aliphatic carbocycles. The second kappa shape index (κ2) is 6.32. The lowest BCUT2D eigenvalue weighted by Gasteiger charge is -2.08. The highest BCUT2D eigenvalue weighted by Crippen LogP contribution is 2.29. The first-order valence-corrected chi connectivity index (χ1v) is 8.26. The number of hydrogen-bond acceptors (Lipinski definition) is 7. The molecule has 3 aromatic heterocycles. The Morgan fingerprint density at radius 2 is 1.88 bits per heavy atom. The first-order valence-electron chi connectivity index (χ1n) is 7.28. The standard InChI is InChI=1S/C16H13N5O2S/c1-11-17-18-14(23-11)10-24-16-20-19-15(13-8-5-9-22-13)21(16)12-6-3-2-4-7-12/h2-9H,10H2,1H3. The van der Waals surface area contributed by atoms with Crippen LogP contribution in [-0.2, 0) is 5.75 Å². The molecule has 0 atom stereocenters. The van der Waals surface area contributed by atoms with Gasteiger partial charge in [-0.3, -0.25) is 4.57 Å². The fourth-order valence-corrected chi connectivity index (χ4v) is 3.05. The van der Waals surface area contributed by atoms with E-state index >= 15 is 0 Å². The van der Waals surface area contributed by atoms with Crippen LogP contribution in [0.25, 0.3) is 17.3 Å². The third-order valence-corrected chi connectivity index (χ3v) is 4.20. The number of benzene rings is 1. The van der Waals surface area contributed by atoms with Crippen LogP contribution in [0.1, 0.15) is 11.8 Å². The molecular weight excluding hydrogens is 326 g/mol. The van der Waals surface area contributed by atoms with Gasteiger partial charge in [0.25, 0.3) is 0 Å². The average Bonchev–Trinajstić information content (AvgIpc) is 3.34. The van der Waals surface area contributed by atoms with Gasteiger partial charge in [0, 0.05) is 12.6 Å². The number of nitrogens with zero attached hydrogens (tertiary/aromatic N) is 5. The summed E-state index contributed by atoms with van der Waals surface area (Å²) in [6, 6.07) is 13.6. The van der Waals surface area contributed by atoms with Gasteiger partial charge in [-0.15, -0.1) is 20.4 Å². The third-order valence-electron chi connectivity index (χ3n) is 3.28. The van der Waals surface area contributed by atoms with Gasteiger partial charge in [0.1, 0.15) is 0 Å². The molecule has 1 aromatic carbocycles. The molecule has 0 aliphatic rings. The summed E-state index contributed by atoms with van der Waals surface area (Å²) in [4.78, 5) is 0. The summed E-state index contributed by atoms with van der Waals surface area (Å²) in [6.07, 6.45) is 1.62. The molecule has 0 bridgehead atoms. The van der Waals surface area contributed by atoms with Crippen LogP contribution in [0, 0.1) is 6.92 Å². The molecule has 0 amide bonds. The quantitative estimate of drug-likeness (QED) is 0.514. The van der Waals surface area contributed by atoms with Gasteiger partial charge < -0.3 is 8.83 Å². The summed E-state index contributed by atoms with van der Waals surface area (Å²) in [7, 11) is 0. The molecule has 24 heavy (non-hydrogen) atoms. The molecule has 8 heteroatoms. The van der Waals surface area contributed by atoms with Gasteiger partial charge in [-0.05, 0) is 24.3 Å². The molecule has 0 aliphatic heterocycles. The lowest BCUT2D eigenvalue weighted by molar-refractivity contribution is 0.485. The fraction of sp³-hybridized carbons (Fsp3) is 0.125. The van der Waals surface area contributed by atoms with Crippen LogP contribution in [0.3, 0.4) is 0 Å². The van der Waals surface area contributed by atoms with Gasteiger partial charge in [0.05, 0.1) is 12.0 Å². The van der Waals surface area contributed by atoms with Crippen molar-refractivity contribution in [3.05, 3.63) is 60.5 Å². The number of furan rings is 1. The van der Waals surface area contributed by atoms with Crippen LogP contribution in [0.2, 0.25) is 0 Å². The van der Waals surface area contributed by atoms with Crippen molar-refractivity contribution in [1.29, 1.82) is 0 Å². The van der Waals surface area contributed by atoms with E-state index in [9.17, 15) is 0 Å². The topological polar surface area (TPSA) is 82.8 Å². The molecule has 4 aromatic rings. The monoisotopic (exact) mass is 339 g/mol. The Morgan fingerprint density at radius 3 is 2.58 bits per heavy atom. The summed E-state index contributed by atoms with van der Waals surface area (Å²) < 4.78 is 12.8. The van der Waals surface area contributed by atoms with Crippen LogP contribution in [0.15, 0.2) is 62.7 Å². The normalized spacial score (nSPS) is 11.0. The number of aromatic nitrogens is 5. The minimum absolute atomic E-state index is 0.518. The zero-order chi connectivity index (χ0) is 16.4. The minimum atomic E-state index is 0.518. The number of thioether (sulfide) groups is 1. The third kappa shape index (κ3) is 2.83. The maximum absolute atomic E-state index is 5.49. The van der Waals surface area contributed by atoms with E-state index in [4.69, 9.17) is 8.83 Å². The molecule has 0 N–H and O–H groups in total. The summed E-state index contributed by atoms with van der Waals surface area (Å²) in [5.74, 6) is 2.93. The van der Waals surface area contributed by atoms with E-state index in [1.807, 2.05) is 47.0 Å². The van der Waals surface area contributed by atoms with Crippen molar-refractivity contribution >= 4 is 11.8 Å². The zero-order valence-electron chi connectivity index (χ0n) is 12.8. The van der Waals surface area contributed by atoms with Gasteiger partial charge in [-0.25, -0.2) is 0 Å². The Hall–Kier alpha value is -2.87. The predicted molar refractivity (Wildman–Crippen MR) is 87.7 cm³/mol. The highest BCUT2D eigenvalue weighted by atomic mass is 32.2. The first-order chi connectivity index (χ1) is 11.8. The predicted octanol–water partition coefficient (Wildman–Crippen LogP) is 3.51. The minimum Gasteiger partial charge on any atom is -0.461 e. The zero-order valence-corrected chi connectivity index (χ0v) is 13.6. The van der Waals surface area contributed by atoms with Gasteiger partial charge in [0.2, 0.25) is 17.6 Å². The van der Waals surface area contributed by atoms with Crippen molar-refractivity contribution in [3.63, 3.8) is 0 Å². The summed E-state index contributed by atoms with van der Waals surface area (Å²) in [6.45, 7) is 1.77. The van der Waals surface area contributed by atoms with Gasteiger partial charge in [-0.2, -0.15) is 0 Å². The van der Waals surface area contributed by atoms with Crippen LogP contribution >= 0.6 is 11.8 Å². The van der Waals surface area contributed by atoms with Crippen LogP contribution < -0.4 is 0 Å². The van der Waals surface area contributed by atoms with Crippen molar-refractivity contribution in [3.8, 4) is 17.3 Å². The van der Waals surface area contributed by atoms with Crippen molar-refractivity contribution in [2.45, 2.75) is 17.8 Å². The Bertz CT molecular complexity index is 931. The largest absolute Gasteiger partial charge is 0.461 e. The number of aryl methyl sites for hydroxylation is 1. The molecule has 0 saturated carbocycles. The van der Waals surface area contributed by atoms with E-state index in [0.29, 0.717) is 29.1 Å². The Labute approximate surface area is 141 Å². The molecule has 0 radical (unpaired) electrons. The molecule has 0 unspecified atom stereocenters. The van der Waals surface area contributed by atoms with Gasteiger partial charge >= 0.3 is 0 Å². The summed E-state index contributed by atoms with van der Waals surface area (Å²) in [5, 5.41) is 17.2. The Morgan fingerprint density at radius 1 is 1.00 bits per heavy atom. The highest BCUT2D eigenvalue weighted by Gasteiger charge is 2.18. The van der Waals surface area contributed by atoms with E-state index in [1.165, 1.54) is 11.8 Å². The number of hydrogen-bond donors (Lipinski definition) is 0. The molecule has 0 spiro atoms. The summed E-state index contributed by atoms with van der Waals surface area (Å²) >= 11 is 1.48. The lowest BCUT2D eigenvalue weighted by atomic mass is 10.3. The maximum Gasteiger partial charge on any atom is 0.226 e. The molecule has 4 rings (SSSR count). The molecule has 0 fully saturated rings. The SMILES string of the molecule is Cc1nnc(CSc2nnc(-c3ccco3)n2-c2ccccc2)o1. The van der Waals surface area contributed by atoms with E-state index in [1.54, 1.807) is 13.2 Å². The van der Waals surface area contributed by atoms with Gasteiger partial charge in [-0.1, -0.05) is 30.0 Å². The lowest BCUT2D eigenvalue weighted by Crippen LogP contribution is -1.99. The smallest absolute Gasteiger partial charge is 0.226 e. The van der Waals surface area contributed by atoms with Gasteiger partial charge in [0.15, 0.2) is 10.9 Å². The van der Waals surface area contributed by atoms with E-state index < -0.39 is 0 Å². The first kappa shape index (κ1) is 14.7. The summed E-state index contributed by atoms with van der Waals surface area (Å²) in [5.41, 5.74) is 0.957. The molecular formula is C16H13N5O2S. The Kier molecular flexibility index (Phi) is 3.87. The second-order valence-electron chi connectivity index (χ2n) is 4.96. The van der Waals surface area contributed by atoms with Crippen LogP contribution in [-0.4, -0.2) is 25.0 Å². The second-order valence-corrected chi connectivity index (χ2v) is 5.90. The number of rotatable bonds is 5. The van der Waals surface area contributed by atoms with Crippen molar-refractivity contribution < 1.29 is 8.83 Å². The number of para-hydroxylation sites is 1.